The van der Waals surface area contributed by atoms with Gasteiger partial charge in [-0.3, -0.25) is 5.10 Å². The van der Waals surface area contributed by atoms with Gasteiger partial charge in [-0.25, -0.2) is 0 Å². The molecule has 2 aliphatic heterocycles. The maximum Gasteiger partial charge on any atom is 0.131 e. The van der Waals surface area contributed by atoms with Crippen molar-refractivity contribution in [2.24, 2.45) is 10.2 Å². The number of H-pyrrole nitrogens is 1. The Balaban J connectivity index is 1.56. The van der Waals surface area contributed by atoms with Gasteiger partial charge >= 0.3 is 0 Å². The number of phenolic OH excluding ortho intramolecular Hbond substituents is 1. The molecule has 0 saturated carbocycles. The number of aromatic amines is 1. The van der Waals surface area contributed by atoms with Crippen LogP contribution in [0.25, 0.3) is 11.1 Å². The normalized spacial score (nSPS) is 19.4. The topological polar surface area (TPSA) is 88.9 Å². The second-order valence-electron chi connectivity index (χ2n) is 9.37. The Bertz CT molecular complexity index is 1030. The highest BCUT2D eigenvalue weighted by Gasteiger charge is 2.29. The zero-order valence-electron chi connectivity index (χ0n) is 19.5. The first-order valence-corrected chi connectivity index (χ1v) is 11.6. The summed E-state index contributed by atoms with van der Waals surface area (Å²) in [5.74, 6) is 1.21. The van der Waals surface area contributed by atoms with Crippen molar-refractivity contribution in [1.29, 1.82) is 0 Å². The molecule has 170 valence electrons. The molecule has 1 fully saturated rings. The van der Waals surface area contributed by atoms with Crippen LogP contribution in [0.5, 0.6) is 5.75 Å². The average molecular weight is 435 g/mol. The van der Waals surface area contributed by atoms with Gasteiger partial charge in [0.1, 0.15) is 11.6 Å². The fourth-order valence-corrected chi connectivity index (χ4v) is 4.26. The number of nitrogens with zero attached hydrogens (tertiary/aromatic N) is 4. The number of hydrogen-bond donors (Lipinski definition) is 3. The molecule has 32 heavy (non-hydrogen) atoms. The summed E-state index contributed by atoms with van der Waals surface area (Å²) in [5.41, 5.74) is 4.65. The summed E-state index contributed by atoms with van der Waals surface area (Å²) >= 11 is 0. The fraction of sp³-hybridized carbons (Fsp3) is 0.480. The van der Waals surface area contributed by atoms with Crippen molar-refractivity contribution in [2.75, 3.05) is 13.1 Å². The van der Waals surface area contributed by atoms with E-state index in [1.165, 1.54) is 5.57 Å². The van der Waals surface area contributed by atoms with E-state index in [2.05, 4.69) is 64.4 Å². The SMILES string of the molecule is CCC1=CC(c2ccc(-c3cn[nH]c3)cc2O)=NN=C(N2CCC(NC(C)(C)CC)C2)C1. The number of allylic oxidation sites excluding steroid dienone is 1. The van der Waals surface area contributed by atoms with Crippen molar-refractivity contribution in [2.45, 2.75) is 65.0 Å². The number of aromatic nitrogens is 2. The van der Waals surface area contributed by atoms with E-state index in [4.69, 9.17) is 0 Å². The molecule has 7 heteroatoms. The highest BCUT2D eigenvalue weighted by atomic mass is 16.3. The van der Waals surface area contributed by atoms with Gasteiger partial charge in [0.25, 0.3) is 0 Å². The first-order chi connectivity index (χ1) is 15.4. The van der Waals surface area contributed by atoms with E-state index in [-0.39, 0.29) is 11.3 Å². The molecule has 1 aromatic carbocycles. The number of rotatable bonds is 6. The molecule has 1 unspecified atom stereocenters. The highest BCUT2D eigenvalue weighted by molar-refractivity contribution is 6.12. The van der Waals surface area contributed by atoms with E-state index in [0.29, 0.717) is 17.3 Å². The number of aromatic hydroxyl groups is 1. The number of phenols is 1. The molecule has 0 aliphatic carbocycles. The lowest BCUT2D eigenvalue weighted by atomic mass is 10.00. The minimum atomic E-state index is 0.145. The van der Waals surface area contributed by atoms with E-state index >= 15 is 0 Å². The Morgan fingerprint density at radius 1 is 1.22 bits per heavy atom. The molecule has 3 heterocycles. The lowest BCUT2D eigenvalue weighted by Crippen LogP contribution is -2.47. The molecule has 7 nitrogen and oxygen atoms in total. The molecular weight excluding hydrogens is 400 g/mol. The van der Waals surface area contributed by atoms with Crippen LogP contribution in [0.15, 0.2) is 52.4 Å². The summed E-state index contributed by atoms with van der Waals surface area (Å²) in [6.45, 7) is 10.8. The Morgan fingerprint density at radius 3 is 2.75 bits per heavy atom. The molecule has 0 amide bonds. The fourth-order valence-electron chi connectivity index (χ4n) is 4.26. The first kappa shape index (κ1) is 22.3. The summed E-state index contributed by atoms with van der Waals surface area (Å²) in [5, 5.41) is 30.5. The van der Waals surface area contributed by atoms with Crippen LogP contribution in [-0.4, -0.2) is 56.4 Å². The molecule has 0 radical (unpaired) electrons. The third-order valence-corrected chi connectivity index (χ3v) is 6.59. The van der Waals surface area contributed by atoms with Gasteiger partial charge in [0.15, 0.2) is 0 Å². The minimum absolute atomic E-state index is 0.145. The predicted octanol–water partition coefficient (Wildman–Crippen LogP) is 4.48. The van der Waals surface area contributed by atoms with Crippen molar-refractivity contribution >= 4 is 11.5 Å². The summed E-state index contributed by atoms with van der Waals surface area (Å²) in [4.78, 5) is 2.36. The standard InChI is InChI=1S/C25H34N6O/c1-5-17-11-22(21-8-7-18(13-23(21)32)19-14-26-27-15-19)29-30-24(12-17)31-10-9-20(16-31)28-25(3,4)6-2/h7-8,11,13-15,20,28,32H,5-6,9-10,12,16H2,1-4H3,(H,26,27). The van der Waals surface area contributed by atoms with E-state index in [0.717, 1.165) is 55.7 Å². The molecule has 0 bridgehead atoms. The van der Waals surface area contributed by atoms with E-state index < -0.39 is 0 Å². The molecule has 1 aromatic heterocycles. The molecule has 0 spiro atoms. The molecule has 1 atom stereocenters. The highest BCUT2D eigenvalue weighted by Crippen LogP contribution is 2.28. The third kappa shape index (κ3) is 4.93. The van der Waals surface area contributed by atoms with Gasteiger partial charge in [-0.1, -0.05) is 25.5 Å². The van der Waals surface area contributed by atoms with E-state index in [1.807, 2.05) is 18.3 Å². The third-order valence-electron chi connectivity index (χ3n) is 6.59. The number of likely N-dealkylation sites (tertiary alicyclic amines) is 1. The van der Waals surface area contributed by atoms with Crippen molar-refractivity contribution in [3.63, 3.8) is 0 Å². The molecule has 3 N–H and O–H groups in total. The summed E-state index contributed by atoms with van der Waals surface area (Å²) in [7, 11) is 0. The van der Waals surface area contributed by atoms with Crippen LogP contribution in [0.3, 0.4) is 0 Å². The molecule has 4 rings (SSSR count). The summed E-state index contributed by atoms with van der Waals surface area (Å²) in [6, 6.07) is 6.10. The Labute approximate surface area is 190 Å². The second kappa shape index (κ2) is 9.28. The Kier molecular flexibility index (Phi) is 6.46. The van der Waals surface area contributed by atoms with Gasteiger partial charge in [0.05, 0.1) is 11.9 Å². The lowest BCUT2D eigenvalue weighted by molar-refractivity contribution is 0.325. The Hall–Kier alpha value is -2.93. The smallest absolute Gasteiger partial charge is 0.131 e. The molecular formula is C25H34N6O. The number of benzene rings is 1. The first-order valence-electron chi connectivity index (χ1n) is 11.6. The van der Waals surface area contributed by atoms with Gasteiger partial charge in [0.2, 0.25) is 0 Å². The van der Waals surface area contributed by atoms with Gasteiger partial charge in [-0.05, 0) is 56.9 Å². The van der Waals surface area contributed by atoms with E-state index in [1.54, 1.807) is 12.3 Å². The van der Waals surface area contributed by atoms with Crippen molar-refractivity contribution in [3.8, 4) is 16.9 Å². The second-order valence-corrected chi connectivity index (χ2v) is 9.37. The Morgan fingerprint density at radius 2 is 2.06 bits per heavy atom. The zero-order valence-corrected chi connectivity index (χ0v) is 19.5. The zero-order chi connectivity index (χ0) is 22.7. The monoisotopic (exact) mass is 434 g/mol. The predicted molar refractivity (Wildman–Crippen MR) is 130 cm³/mol. The maximum absolute atomic E-state index is 10.7. The molecule has 1 saturated heterocycles. The van der Waals surface area contributed by atoms with Crippen LogP contribution < -0.4 is 5.32 Å². The van der Waals surface area contributed by atoms with Gasteiger partial charge in [-0.15, -0.1) is 10.2 Å². The molecule has 2 aliphatic rings. The maximum atomic E-state index is 10.7. The van der Waals surface area contributed by atoms with E-state index in [9.17, 15) is 5.11 Å². The molecule has 2 aromatic rings. The van der Waals surface area contributed by atoms with Crippen molar-refractivity contribution in [1.82, 2.24) is 20.4 Å². The van der Waals surface area contributed by atoms with Gasteiger partial charge < -0.3 is 15.3 Å². The number of hydrogen-bond acceptors (Lipinski definition) is 6. The largest absolute Gasteiger partial charge is 0.507 e. The van der Waals surface area contributed by atoms with Crippen LogP contribution in [-0.2, 0) is 0 Å². The van der Waals surface area contributed by atoms with Gasteiger partial charge in [0, 0.05) is 48.4 Å². The number of amidine groups is 1. The minimum Gasteiger partial charge on any atom is -0.507 e. The quantitative estimate of drug-likeness (QED) is 0.625. The van der Waals surface area contributed by atoms with Crippen LogP contribution in [0.4, 0.5) is 0 Å². The van der Waals surface area contributed by atoms with Crippen LogP contribution in [0.1, 0.15) is 58.9 Å². The summed E-state index contributed by atoms with van der Waals surface area (Å²) < 4.78 is 0. The van der Waals surface area contributed by atoms with Crippen LogP contribution in [0.2, 0.25) is 0 Å². The van der Waals surface area contributed by atoms with Crippen LogP contribution >= 0.6 is 0 Å². The average Bonchev–Trinajstić information content (AvgIpc) is 3.42. The number of nitrogens with one attached hydrogen (secondary N) is 2. The van der Waals surface area contributed by atoms with Gasteiger partial charge in [-0.2, -0.15) is 5.10 Å². The van der Waals surface area contributed by atoms with Crippen LogP contribution in [0, 0.1) is 0 Å². The lowest BCUT2D eigenvalue weighted by Gasteiger charge is -2.29. The summed E-state index contributed by atoms with van der Waals surface area (Å²) in [6.07, 6.45) is 9.55. The van der Waals surface area contributed by atoms with Crippen molar-refractivity contribution < 1.29 is 5.11 Å². The van der Waals surface area contributed by atoms with Crippen molar-refractivity contribution in [3.05, 3.63) is 47.8 Å².